The van der Waals surface area contributed by atoms with E-state index in [-0.39, 0.29) is 6.42 Å². The molecule has 88 valence electrons. The zero-order chi connectivity index (χ0) is 12.3. The number of aliphatic carboxylic acids is 1. The molecule has 0 amide bonds. The number of rotatable bonds is 3. The summed E-state index contributed by atoms with van der Waals surface area (Å²) in [6.45, 7) is 0. The Hall–Kier alpha value is -1.87. The van der Waals surface area contributed by atoms with Crippen molar-refractivity contribution in [3.63, 3.8) is 0 Å². The fraction of sp³-hybridized carbons (Fsp3) is 0.214. The molecule has 1 unspecified atom stereocenters. The molecule has 0 radical (unpaired) electrons. The summed E-state index contributed by atoms with van der Waals surface area (Å²) in [5, 5.41) is 8.78. The highest BCUT2D eigenvalue weighted by molar-refractivity contribution is 5.77. The van der Waals surface area contributed by atoms with Crippen LogP contribution >= 0.6 is 0 Å². The topological polar surface area (TPSA) is 63.3 Å². The molecule has 1 aromatic rings. The lowest BCUT2D eigenvalue weighted by atomic mass is 9.85. The molecule has 0 heterocycles. The molecule has 3 heteroatoms. The van der Waals surface area contributed by atoms with Crippen molar-refractivity contribution in [2.24, 2.45) is 5.73 Å². The lowest BCUT2D eigenvalue weighted by molar-refractivity contribution is -0.137. The van der Waals surface area contributed by atoms with Crippen LogP contribution in [0.3, 0.4) is 0 Å². The first kappa shape index (κ1) is 11.6. The van der Waals surface area contributed by atoms with Crippen molar-refractivity contribution in [2.45, 2.75) is 18.4 Å². The van der Waals surface area contributed by atoms with Crippen LogP contribution < -0.4 is 5.73 Å². The Bertz CT molecular complexity index is 476. The standard InChI is InChI=1S/C14H15NO2/c15-14(10-13(16)17)8-6-12(7-9-14)11-4-2-1-3-5-11/h1-8H,9-10,15H2,(H,16,17). The Labute approximate surface area is 100 Å². The van der Waals surface area contributed by atoms with Gasteiger partial charge in [-0.05, 0) is 17.6 Å². The number of carbonyl (C=O) groups is 1. The van der Waals surface area contributed by atoms with Crippen molar-refractivity contribution in [2.75, 3.05) is 0 Å². The second-order valence-electron chi connectivity index (χ2n) is 4.37. The van der Waals surface area contributed by atoms with Crippen LogP contribution in [0.25, 0.3) is 5.57 Å². The van der Waals surface area contributed by atoms with Gasteiger partial charge in [-0.1, -0.05) is 48.6 Å². The maximum Gasteiger partial charge on any atom is 0.305 e. The van der Waals surface area contributed by atoms with Crippen molar-refractivity contribution in [1.82, 2.24) is 0 Å². The van der Waals surface area contributed by atoms with Crippen molar-refractivity contribution < 1.29 is 9.90 Å². The van der Waals surface area contributed by atoms with E-state index in [0.717, 1.165) is 11.1 Å². The summed E-state index contributed by atoms with van der Waals surface area (Å²) in [4.78, 5) is 10.7. The van der Waals surface area contributed by atoms with Crippen molar-refractivity contribution >= 4 is 11.5 Å². The zero-order valence-electron chi connectivity index (χ0n) is 9.47. The van der Waals surface area contributed by atoms with Gasteiger partial charge >= 0.3 is 5.97 Å². The lowest BCUT2D eigenvalue weighted by Crippen LogP contribution is -2.40. The molecular weight excluding hydrogens is 214 g/mol. The number of carboxylic acid groups (broad SMARTS) is 1. The molecule has 0 aliphatic heterocycles. The molecule has 0 spiro atoms. The van der Waals surface area contributed by atoms with Crippen LogP contribution in [0.5, 0.6) is 0 Å². The predicted molar refractivity (Wildman–Crippen MR) is 67.3 cm³/mol. The number of carboxylic acids is 1. The van der Waals surface area contributed by atoms with Crippen LogP contribution in [0.15, 0.2) is 48.6 Å². The van der Waals surface area contributed by atoms with Crippen LogP contribution in [-0.2, 0) is 4.79 Å². The molecule has 3 N–H and O–H groups in total. The molecule has 1 aliphatic carbocycles. The first-order chi connectivity index (χ1) is 8.09. The van der Waals surface area contributed by atoms with Gasteiger partial charge in [-0.25, -0.2) is 0 Å². The van der Waals surface area contributed by atoms with Crippen molar-refractivity contribution in [1.29, 1.82) is 0 Å². The van der Waals surface area contributed by atoms with Crippen LogP contribution in [0.1, 0.15) is 18.4 Å². The van der Waals surface area contributed by atoms with Gasteiger partial charge in [0.2, 0.25) is 0 Å². The van der Waals surface area contributed by atoms with E-state index in [1.165, 1.54) is 0 Å². The summed E-state index contributed by atoms with van der Waals surface area (Å²) < 4.78 is 0. The van der Waals surface area contributed by atoms with Crippen molar-refractivity contribution in [3.8, 4) is 0 Å². The van der Waals surface area contributed by atoms with Gasteiger partial charge in [-0.3, -0.25) is 4.79 Å². The Morgan fingerprint density at radius 2 is 2.06 bits per heavy atom. The van der Waals surface area contributed by atoms with Gasteiger partial charge in [-0.2, -0.15) is 0 Å². The molecule has 3 nitrogen and oxygen atoms in total. The highest BCUT2D eigenvalue weighted by atomic mass is 16.4. The van der Waals surface area contributed by atoms with E-state index in [1.54, 1.807) is 6.08 Å². The van der Waals surface area contributed by atoms with Gasteiger partial charge in [-0.15, -0.1) is 0 Å². The van der Waals surface area contributed by atoms with Crippen LogP contribution in [0.4, 0.5) is 0 Å². The molecule has 0 fully saturated rings. The highest BCUT2D eigenvalue weighted by Crippen LogP contribution is 2.27. The molecule has 0 saturated heterocycles. The molecule has 1 atom stereocenters. The summed E-state index contributed by atoms with van der Waals surface area (Å²) in [7, 11) is 0. The predicted octanol–water partition coefficient (Wildman–Crippen LogP) is 2.20. The van der Waals surface area contributed by atoms with E-state index in [2.05, 4.69) is 0 Å². The molecule has 0 bridgehead atoms. The average Bonchev–Trinajstić information content (AvgIpc) is 2.29. The fourth-order valence-electron chi connectivity index (χ4n) is 1.95. The number of benzene rings is 1. The van der Waals surface area contributed by atoms with Gasteiger partial charge in [0.25, 0.3) is 0 Å². The minimum absolute atomic E-state index is 0.0396. The van der Waals surface area contributed by atoms with Gasteiger partial charge in [0, 0.05) is 5.54 Å². The second-order valence-corrected chi connectivity index (χ2v) is 4.37. The largest absolute Gasteiger partial charge is 0.481 e. The normalized spacial score (nSPS) is 23.2. The first-order valence-electron chi connectivity index (χ1n) is 5.55. The third-order valence-corrected chi connectivity index (χ3v) is 2.88. The molecule has 2 rings (SSSR count). The monoisotopic (exact) mass is 229 g/mol. The second kappa shape index (κ2) is 4.55. The summed E-state index contributed by atoms with van der Waals surface area (Å²) in [6.07, 6.45) is 6.21. The lowest BCUT2D eigenvalue weighted by Gasteiger charge is -2.26. The van der Waals surface area contributed by atoms with Gasteiger partial charge in [0.05, 0.1) is 6.42 Å². The Morgan fingerprint density at radius 3 is 2.59 bits per heavy atom. The number of hydrogen-bond donors (Lipinski definition) is 2. The van der Waals surface area contributed by atoms with Crippen molar-refractivity contribution in [3.05, 3.63) is 54.1 Å². The first-order valence-corrected chi connectivity index (χ1v) is 5.55. The van der Waals surface area contributed by atoms with E-state index in [9.17, 15) is 4.79 Å². The van der Waals surface area contributed by atoms with Crippen LogP contribution in [0.2, 0.25) is 0 Å². The van der Waals surface area contributed by atoms with Gasteiger partial charge in [0.1, 0.15) is 0 Å². The number of hydrogen-bond acceptors (Lipinski definition) is 2. The third kappa shape index (κ3) is 2.82. The number of allylic oxidation sites excluding steroid dienone is 2. The summed E-state index contributed by atoms with van der Waals surface area (Å²) >= 11 is 0. The molecule has 0 saturated carbocycles. The maximum atomic E-state index is 10.7. The quantitative estimate of drug-likeness (QED) is 0.835. The Kier molecular flexibility index (Phi) is 3.11. The van der Waals surface area contributed by atoms with Crippen LogP contribution in [-0.4, -0.2) is 16.6 Å². The molecule has 17 heavy (non-hydrogen) atoms. The van der Waals surface area contributed by atoms with Crippen LogP contribution in [0, 0.1) is 0 Å². The molecular formula is C14H15NO2. The van der Waals surface area contributed by atoms with E-state index in [4.69, 9.17) is 10.8 Å². The van der Waals surface area contributed by atoms with E-state index >= 15 is 0 Å². The van der Waals surface area contributed by atoms with E-state index < -0.39 is 11.5 Å². The SMILES string of the molecule is NC1(CC(=O)O)C=CC(c2ccccc2)=CC1. The Balaban J connectivity index is 2.14. The fourth-order valence-corrected chi connectivity index (χ4v) is 1.95. The summed E-state index contributed by atoms with van der Waals surface area (Å²) in [5.41, 5.74) is 7.46. The minimum Gasteiger partial charge on any atom is -0.481 e. The van der Waals surface area contributed by atoms with E-state index in [0.29, 0.717) is 6.42 Å². The maximum absolute atomic E-state index is 10.7. The van der Waals surface area contributed by atoms with Gasteiger partial charge in [0.15, 0.2) is 0 Å². The molecule has 1 aliphatic rings. The smallest absolute Gasteiger partial charge is 0.305 e. The minimum atomic E-state index is -0.867. The third-order valence-electron chi connectivity index (χ3n) is 2.88. The Morgan fingerprint density at radius 1 is 1.35 bits per heavy atom. The summed E-state index contributed by atoms with van der Waals surface area (Å²) in [5.74, 6) is -0.867. The molecule has 1 aromatic carbocycles. The van der Waals surface area contributed by atoms with Gasteiger partial charge < -0.3 is 10.8 Å². The highest BCUT2D eigenvalue weighted by Gasteiger charge is 2.26. The summed E-state index contributed by atoms with van der Waals surface area (Å²) in [6, 6.07) is 9.97. The average molecular weight is 229 g/mol. The molecule has 0 aromatic heterocycles. The zero-order valence-corrected chi connectivity index (χ0v) is 9.47. The van der Waals surface area contributed by atoms with E-state index in [1.807, 2.05) is 42.5 Å². The number of nitrogens with two attached hydrogens (primary N) is 1.